The number of rotatable bonds is 0. The number of allylic oxidation sites excluding steroid dienone is 4. The second kappa shape index (κ2) is 11.4. The summed E-state index contributed by atoms with van der Waals surface area (Å²) >= 11 is 0. The van der Waals surface area contributed by atoms with E-state index in [0.717, 1.165) is 5.52 Å². The standard InChI is InChI=1S/C8H6N.C7H9Si.2ClH.Zr/c1-2-4-8-7(3-1)5-6-9-8;1-8(2)7-5-3-4-6-7;;;/h1-5,9H;3-5H,1-2H3;2*1H;/q2*-1;;;+4/p-2. The summed E-state index contributed by atoms with van der Waals surface area (Å²) in [4.78, 5) is 2.99. The number of para-hydroxylation sites is 1. The zero-order chi connectivity index (χ0) is 12.1. The summed E-state index contributed by atoms with van der Waals surface area (Å²) in [5, 5.41) is 2.63. The van der Waals surface area contributed by atoms with Gasteiger partial charge in [0.25, 0.3) is 0 Å². The third kappa shape index (κ3) is 6.49. The second-order valence-electron chi connectivity index (χ2n) is 4.08. The van der Waals surface area contributed by atoms with Gasteiger partial charge in [-0.3, -0.25) is 0 Å². The Balaban J connectivity index is 0. The molecule has 1 aromatic carbocycles. The van der Waals surface area contributed by atoms with Crippen LogP contribution in [-0.4, -0.2) is 18.6 Å². The molecule has 3 rings (SSSR count). The number of halogens is 2. The van der Waals surface area contributed by atoms with Gasteiger partial charge in [0.05, 0.1) is 0 Å². The van der Waals surface area contributed by atoms with E-state index in [9.17, 15) is 0 Å². The fourth-order valence-corrected chi connectivity index (χ4v) is 2.37. The van der Waals surface area contributed by atoms with Gasteiger partial charge in [-0.2, -0.15) is 28.8 Å². The first-order valence-electron chi connectivity index (χ1n) is 5.65. The minimum absolute atomic E-state index is 0. The number of nitrogens with one attached hydrogen (secondary N) is 1. The molecule has 0 fully saturated rings. The Bertz CT molecular complexity index is 554. The number of fused-ring (bicyclic) bond motifs is 1. The molecule has 0 aliphatic heterocycles. The third-order valence-electron chi connectivity index (χ3n) is 2.53. The first-order chi connectivity index (χ1) is 8.27. The van der Waals surface area contributed by atoms with Crippen LogP contribution < -0.4 is 24.8 Å². The minimum Gasteiger partial charge on any atom is -1.00 e. The van der Waals surface area contributed by atoms with E-state index in [4.69, 9.17) is 0 Å². The van der Waals surface area contributed by atoms with Gasteiger partial charge in [-0.05, 0) is 8.41 Å². The average Bonchev–Trinajstić information content (AvgIpc) is 3.01. The van der Waals surface area contributed by atoms with Gasteiger partial charge in [-0.15, -0.1) is 23.8 Å². The van der Waals surface area contributed by atoms with E-state index < -0.39 is 0 Å². The van der Waals surface area contributed by atoms with Crippen molar-refractivity contribution in [3.05, 3.63) is 60.8 Å². The van der Waals surface area contributed by atoms with Gasteiger partial charge in [-0.1, -0.05) is 25.2 Å². The first-order valence-corrected chi connectivity index (χ1v) is 8.15. The van der Waals surface area contributed by atoms with Crippen molar-refractivity contribution >= 4 is 24.5 Å². The molecule has 1 N–H and O–H groups in total. The zero-order valence-corrected chi connectivity index (χ0v) is 16.3. The molecular formula is C15H15Cl2NSiZr. The Morgan fingerprint density at radius 2 is 1.80 bits per heavy atom. The number of hydrogen-bond acceptors (Lipinski definition) is 0. The Morgan fingerprint density at radius 1 is 1.10 bits per heavy atom. The maximum Gasteiger partial charge on any atom is 4.00 e. The number of aromatic amines is 1. The molecule has 1 heterocycles. The summed E-state index contributed by atoms with van der Waals surface area (Å²) in [5.74, 6) is 0. The van der Waals surface area contributed by atoms with Crippen LogP contribution in [0.25, 0.3) is 10.9 Å². The molecule has 0 radical (unpaired) electrons. The Labute approximate surface area is 153 Å². The summed E-state index contributed by atoms with van der Waals surface area (Å²) in [6.45, 7) is 4.55. The van der Waals surface area contributed by atoms with E-state index in [-0.39, 0.29) is 59.4 Å². The Hall–Kier alpha value is -0.210. The smallest absolute Gasteiger partial charge is 1.00 e. The molecule has 20 heavy (non-hydrogen) atoms. The summed E-state index contributed by atoms with van der Waals surface area (Å²) in [6, 6.07) is 10.1. The molecule has 0 unspecified atom stereocenters. The van der Waals surface area contributed by atoms with E-state index in [1.54, 1.807) is 0 Å². The molecule has 2 aromatic rings. The van der Waals surface area contributed by atoms with Crippen molar-refractivity contribution in [1.29, 1.82) is 0 Å². The average molecular weight is 400 g/mol. The summed E-state index contributed by atoms with van der Waals surface area (Å²) in [7, 11) is -0.225. The topological polar surface area (TPSA) is 15.8 Å². The number of benzene rings is 1. The molecule has 0 saturated carbocycles. The van der Waals surface area contributed by atoms with Crippen LogP contribution in [0, 0.1) is 12.3 Å². The monoisotopic (exact) mass is 397 g/mol. The molecular weight excluding hydrogens is 384 g/mol. The van der Waals surface area contributed by atoms with Gasteiger partial charge in [-0.25, -0.2) is 12.2 Å². The van der Waals surface area contributed by atoms with Gasteiger partial charge in [0.15, 0.2) is 0 Å². The molecule has 0 amide bonds. The Kier molecular flexibility index (Phi) is 12.6. The molecule has 0 atom stereocenters. The van der Waals surface area contributed by atoms with Crippen molar-refractivity contribution in [2.75, 3.05) is 0 Å². The van der Waals surface area contributed by atoms with Crippen LogP contribution in [0.15, 0.2) is 48.6 Å². The van der Waals surface area contributed by atoms with Crippen molar-refractivity contribution in [3.8, 4) is 0 Å². The van der Waals surface area contributed by atoms with Crippen molar-refractivity contribution in [3.63, 3.8) is 0 Å². The predicted molar refractivity (Wildman–Crippen MR) is 76.6 cm³/mol. The van der Waals surface area contributed by atoms with Crippen LogP contribution in [0.2, 0.25) is 13.1 Å². The Morgan fingerprint density at radius 3 is 2.30 bits per heavy atom. The van der Waals surface area contributed by atoms with E-state index in [2.05, 4.69) is 42.5 Å². The van der Waals surface area contributed by atoms with Gasteiger partial charge in [0, 0.05) is 0 Å². The molecule has 1 aliphatic rings. The van der Waals surface area contributed by atoms with Crippen LogP contribution in [0.1, 0.15) is 0 Å². The SMILES string of the molecule is C[Si](C)=C1[C-]=CC=C1.[Cl-].[Cl-].[Zr+4].[c-]1cc2ccccc2[nH]1. The van der Waals surface area contributed by atoms with Crippen LogP contribution in [0.5, 0.6) is 0 Å². The van der Waals surface area contributed by atoms with E-state index in [1.165, 1.54) is 10.6 Å². The van der Waals surface area contributed by atoms with E-state index in [1.807, 2.05) is 36.4 Å². The summed E-state index contributed by atoms with van der Waals surface area (Å²) in [5.41, 5.74) is 1.15. The molecule has 0 spiro atoms. The van der Waals surface area contributed by atoms with Crippen LogP contribution in [-0.2, 0) is 26.2 Å². The van der Waals surface area contributed by atoms with Gasteiger partial charge < -0.3 is 29.8 Å². The van der Waals surface area contributed by atoms with Crippen LogP contribution >= 0.6 is 0 Å². The van der Waals surface area contributed by atoms with Crippen LogP contribution in [0.3, 0.4) is 0 Å². The first kappa shape index (κ1) is 22.1. The molecule has 1 aromatic heterocycles. The summed E-state index contributed by atoms with van der Waals surface area (Å²) < 4.78 is 0. The fourth-order valence-electron chi connectivity index (χ4n) is 1.57. The van der Waals surface area contributed by atoms with Gasteiger partial charge in [0.1, 0.15) is 0 Å². The molecule has 102 valence electrons. The van der Waals surface area contributed by atoms with Crippen molar-refractivity contribution in [1.82, 2.24) is 4.98 Å². The zero-order valence-electron chi connectivity index (χ0n) is 11.4. The maximum absolute atomic E-state index is 3.18. The number of H-pyrrole nitrogens is 1. The maximum atomic E-state index is 3.18. The predicted octanol–water partition coefficient (Wildman–Crippen LogP) is -2.60. The molecule has 5 heteroatoms. The molecule has 1 nitrogen and oxygen atoms in total. The fraction of sp³-hybridized carbons (Fsp3) is 0.133. The van der Waals surface area contributed by atoms with E-state index in [0.29, 0.717) is 0 Å². The minimum atomic E-state index is -0.225. The van der Waals surface area contributed by atoms with Gasteiger partial charge >= 0.3 is 26.2 Å². The normalized spacial score (nSPS) is 10.8. The van der Waals surface area contributed by atoms with Crippen molar-refractivity contribution in [2.24, 2.45) is 0 Å². The summed E-state index contributed by atoms with van der Waals surface area (Å²) in [6.07, 6.45) is 12.3. The number of hydrogen-bond donors (Lipinski definition) is 1. The molecule has 0 bridgehead atoms. The van der Waals surface area contributed by atoms with Crippen LogP contribution in [0.4, 0.5) is 0 Å². The van der Waals surface area contributed by atoms with Crippen molar-refractivity contribution in [2.45, 2.75) is 13.1 Å². The largest absolute Gasteiger partial charge is 4.00 e. The third-order valence-corrected chi connectivity index (χ3v) is 3.92. The molecule has 0 saturated heterocycles. The quantitative estimate of drug-likeness (QED) is 0.370. The second-order valence-corrected chi connectivity index (χ2v) is 6.62. The molecule has 1 aliphatic carbocycles. The van der Waals surface area contributed by atoms with E-state index >= 15 is 0 Å². The number of aromatic nitrogens is 1. The van der Waals surface area contributed by atoms with Crippen molar-refractivity contribution < 1.29 is 51.0 Å². The van der Waals surface area contributed by atoms with Gasteiger partial charge in [0.2, 0.25) is 0 Å².